The molecule has 2 aliphatic heterocycles. The van der Waals surface area contributed by atoms with E-state index >= 15 is 0 Å². The van der Waals surface area contributed by atoms with Crippen LogP contribution in [-0.4, -0.2) is 32.6 Å². The maximum absolute atomic E-state index is 12.8. The van der Waals surface area contributed by atoms with Gasteiger partial charge in [0, 0.05) is 0 Å². The third-order valence-corrected chi connectivity index (χ3v) is 4.27. The van der Waals surface area contributed by atoms with Crippen LogP contribution in [0, 0.1) is 6.92 Å². The number of amidine groups is 1. The van der Waals surface area contributed by atoms with Gasteiger partial charge in [0.1, 0.15) is 12.7 Å². The fourth-order valence-corrected chi connectivity index (χ4v) is 3.20. The van der Waals surface area contributed by atoms with Crippen LogP contribution in [0.4, 0.5) is 4.79 Å². The van der Waals surface area contributed by atoms with Gasteiger partial charge in [0.05, 0.1) is 42.3 Å². The SMILES string of the molecule is CCOC(=O)[N+]12C=CN=C1c1ccc(C)cc1-n1cncc1C2. The molecule has 1 aromatic heterocycles. The standard InChI is InChI=1S/C17H17N4O2/c1-3-23-17(22)21-7-6-19-16(21)14-5-4-12(2)8-15(14)20-11-18-9-13(20)10-21/h4-9,11H,3,10H2,1-2H3/q+1. The van der Waals surface area contributed by atoms with Crippen molar-refractivity contribution in [3.63, 3.8) is 0 Å². The molecule has 116 valence electrons. The smallest absolute Gasteiger partial charge is 0.420 e. The van der Waals surface area contributed by atoms with E-state index in [9.17, 15) is 4.79 Å². The fourth-order valence-electron chi connectivity index (χ4n) is 3.20. The zero-order valence-electron chi connectivity index (χ0n) is 13.1. The molecule has 4 rings (SSSR count). The van der Waals surface area contributed by atoms with Crippen molar-refractivity contribution in [2.75, 3.05) is 6.61 Å². The molecule has 1 atom stereocenters. The average Bonchev–Trinajstić information content (AvgIpc) is 3.14. The summed E-state index contributed by atoms with van der Waals surface area (Å²) in [6, 6.07) is 6.13. The first-order valence-electron chi connectivity index (χ1n) is 7.59. The van der Waals surface area contributed by atoms with E-state index < -0.39 is 0 Å². The van der Waals surface area contributed by atoms with Gasteiger partial charge in [-0.3, -0.25) is 4.57 Å². The molecule has 0 spiro atoms. The van der Waals surface area contributed by atoms with E-state index in [1.807, 2.05) is 30.5 Å². The summed E-state index contributed by atoms with van der Waals surface area (Å²) in [5.41, 5.74) is 4.00. The van der Waals surface area contributed by atoms with Gasteiger partial charge in [-0.05, 0) is 31.5 Å². The van der Waals surface area contributed by atoms with Gasteiger partial charge in [0.2, 0.25) is 0 Å². The Kier molecular flexibility index (Phi) is 2.96. The molecular weight excluding hydrogens is 292 g/mol. The Balaban J connectivity index is 1.99. The van der Waals surface area contributed by atoms with Gasteiger partial charge in [-0.1, -0.05) is 6.07 Å². The average molecular weight is 309 g/mol. The molecular formula is C17H17N4O2+. The summed E-state index contributed by atoms with van der Waals surface area (Å²) in [5, 5.41) is 0. The zero-order chi connectivity index (χ0) is 16.0. The first-order chi connectivity index (χ1) is 11.2. The topological polar surface area (TPSA) is 56.5 Å². The van der Waals surface area contributed by atoms with Crippen molar-refractivity contribution in [3.05, 3.63) is 59.9 Å². The molecule has 0 aliphatic carbocycles. The van der Waals surface area contributed by atoms with Gasteiger partial charge in [0.15, 0.2) is 0 Å². The highest BCUT2D eigenvalue weighted by molar-refractivity contribution is 6.03. The summed E-state index contributed by atoms with van der Waals surface area (Å²) in [4.78, 5) is 21.5. The lowest BCUT2D eigenvalue weighted by Crippen LogP contribution is -2.50. The highest BCUT2D eigenvalue weighted by Gasteiger charge is 2.49. The van der Waals surface area contributed by atoms with E-state index in [4.69, 9.17) is 4.74 Å². The quantitative estimate of drug-likeness (QED) is 0.761. The number of benzene rings is 1. The maximum atomic E-state index is 12.8. The van der Waals surface area contributed by atoms with E-state index in [0.717, 1.165) is 22.5 Å². The van der Waals surface area contributed by atoms with E-state index in [0.29, 0.717) is 19.0 Å². The molecule has 6 heteroatoms. The number of aliphatic imine (C=N–C) groups is 1. The molecule has 1 unspecified atom stereocenters. The third-order valence-electron chi connectivity index (χ3n) is 4.27. The Morgan fingerprint density at radius 1 is 1.43 bits per heavy atom. The number of carbonyl (C=O) groups excluding carboxylic acids is 1. The van der Waals surface area contributed by atoms with E-state index in [1.165, 1.54) is 0 Å². The molecule has 3 heterocycles. The highest BCUT2D eigenvalue weighted by atomic mass is 16.6. The van der Waals surface area contributed by atoms with Crippen LogP contribution in [0.3, 0.4) is 0 Å². The number of imidazole rings is 1. The minimum Gasteiger partial charge on any atom is -0.420 e. The second-order valence-corrected chi connectivity index (χ2v) is 5.75. The van der Waals surface area contributed by atoms with Crippen LogP contribution in [-0.2, 0) is 11.3 Å². The van der Waals surface area contributed by atoms with Gasteiger partial charge in [-0.15, -0.1) is 4.48 Å². The fraction of sp³-hybridized carbons (Fsp3) is 0.235. The van der Waals surface area contributed by atoms with Crippen LogP contribution in [0.25, 0.3) is 5.69 Å². The van der Waals surface area contributed by atoms with Gasteiger partial charge >= 0.3 is 6.09 Å². The number of nitrogens with zero attached hydrogens (tertiary/aromatic N) is 4. The lowest BCUT2D eigenvalue weighted by molar-refractivity contribution is -0.723. The largest absolute Gasteiger partial charge is 0.527 e. The second kappa shape index (κ2) is 4.89. The monoisotopic (exact) mass is 309 g/mol. The van der Waals surface area contributed by atoms with Crippen molar-refractivity contribution < 1.29 is 14.0 Å². The molecule has 0 saturated carbocycles. The number of rotatable bonds is 1. The van der Waals surface area contributed by atoms with Crippen LogP contribution < -0.4 is 0 Å². The predicted octanol–water partition coefficient (Wildman–Crippen LogP) is 2.90. The highest BCUT2D eigenvalue weighted by Crippen LogP contribution is 2.34. The summed E-state index contributed by atoms with van der Waals surface area (Å²) in [7, 11) is 0. The third kappa shape index (κ3) is 1.88. The summed E-state index contributed by atoms with van der Waals surface area (Å²) in [6.07, 6.45) is 6.73. The van der Waals surface area contributed by atoms with Gasteiger partial charge in [-0.25, -0.2) is 4.98 Å². The summed E-state index contributed by atoms with van der Waals surface area (Å²) in [5.74, 6) is 0.696. The van der Waals surface area contributed by atoms with Gasteiger partial charge in [-0.2, -0.15) is 9.79 Å². The van der Waals surface area contributed by atoms with Crippen LogP contribution >= 0.6 is 0 Å². The van der Waals surface area contributed by atoms with Crippen molar-refractivity contribution in [1.82, 2.24) is 9.55 Å². The lowest BCUT2D eigenvalue weighted by atomic mass is 10.1. The summed E-state index contributed by atoms with van der Waals surface area (Å²) in [6.45, 7) is 4.62. The molecule has 2 aliphatic rings. The molecule has 2 aromatic rings. The van der Waals surface area contributed by atoms with Crippen molar-refractivity contribution in [2.45, 2.75) is 20.4 Å². The molecule has 6 nitrogen and oxygen atoms in total. The van der Waals surface area contributed by atoms with Gasteiger partial charge in [0.25, 0.3) is 5.84 Å². The van der Waals surface area contributed by atoms with E-state index in [1.54, 1.807) is 24.9 Å². The van der Waals surface area contributed by atoms with E-state index in [-0.39, 0.29) is 10.6 Å². The molecule has 1 amide bonds. The number of carbonyl (C=O) groups is 1. The molecule has 0 fully saturated rings. The first-order valence-corrected chi connectivity index (χ1v) is 7.59. The number of quaternary nitrogens is 1. The van der Waals surface area contributed by atoms with Crippen molar-refractivity contribution in [3.8, 4) is 5.69 Å². The minimum absolute atomic E-state index is 0.0599. The Hall–Kier alpha value is -2.73. The Morgan fingerprint density at radius 3 is 3.13 bits per heavy atom. The lowest BCUT2D eigenvalue weighted by Gasteiger charge is -2.26. The first kappa shape index (κ1) is 13.9. The van der Waals surface area contributed by atoms with Crippen LogP contribution in [0.1, 0.15) is 23.7 Å². The second-order valence-electron chi connectivity index (χ2n) is 5.75. The molecule has 0 radical (unpaired) electrons. The molecule has 0 saturated heterocycles. The number of aromatic nitrogens is 2. The maximum Gasteiger partial charge on any atom is 0.527 e. The predicted molar refractivity (Wildman–Crippen MR) is 85.0 cm³/mol. The number of fused-ring (bicyclic) bond motifs is 5. The van der Waals surface area contributed by atoms with Crippen molar-refractivity contribution in [1.29, 1.82) is 0 Å². The molecule has 0 bridgehead atoms. The Labute approximate surface area is 133 Å². The Morgan fingerprint density at radius 2 is 2.30 bits per heavy atom. The van der Waals surface area contributed by atoms with Crippen LogP contribution in [0.5, 0.6) is 0 Å². The summed E-state index contributed by atoms with van der Waals surface area (Å²) >= 11 is 0. The molecule has 1 aromatic carbocycles. The normalized spacial score (nSPS) is 21.0. The number of hydrogen-bond acceptors (Lipinski definition) is 4. The van der Waals surface area contributed by atoms with Gasteiger partial charge < -0.3 is 4.74 Å². The number of amides is 1. The number of aryl methyl sites for hydroxylation is 1. The minimum atomic E-state index is -0.318. The molecule has 23 heavy (non-hydrogen) atoms. The number of hydrogen-bond donors (Lipinski definition) is 0. The Bertz CT molecular complexity index is 865. The number of ether oxygens (including phenoxy) is 1. The summed E-state index contributed by atoms with van der Waals surface area (Å²) < 4.78 is 7.31. The van der Waals surface area contributed by atoms with Crippen LogP contribution in [0.2, 0.25) is 0 Å². The van der Waals surface area contributed by atoms with Crippen LogP contribution in [0.15, 0.2) is 48.1 Å². The van der Waals surface area contributed by atoms with E-state index in [2.05, 4.69) is 16.0 Å². The zero-order valence-corrected chi connectivity index (χ0v) is 13.1. The van der Waals surface area contributed by atoms with Crippen molar-refractivity contribution >= 4 is 11.9 Å². The molecule has 0 N–H and O–H groups in total. The van der Waals surface area contributed by atoms with Crippen molar-refractivity contribution in [2.24, 2.45) is 4.99 Å².